The van der Waals surface area contributed by atoms with Gasteiger partial charge in [0.05, 0.1) is 0 Å². The van der Waals surface area contributed by atoms with Crippen LogP contribution in [-0.4, -0.2) is 17.5 Å². The molecular weight excluding hydrogens is 182 g/mol. The van der Waals surface area contributed by atoms with E-state index in [9.17, 15) is 0 Å². The Hall–Kier alpha value is -0.930. The van der Waals surface area contributed by atoms with Gasteiger partial charge < -0.3 is 10.4 Å². The van der Waals surface area contributed by atoms with Crippen molar-refractivity contribution >= 4 is 17.8 Å². The molecule has 1 heterocycles. The minimum atomic E-state index is 0.319. The van der Waals surface area contributed by atoms with Crippen LogP contribution in [0, 0.1) is 0 Å². The van der Waals surface area contributed by atoms with Crippen molar-refractivity contribution in [3.63, 3.8) is 0 Å². The van der Waals surface area contributed by atoms with Crippen LogP contribution < -0.4 is 5.32 Å². The Morgan fingerprint density at radius 3 is 2.69 bits per heavy atom. The molecule has 0 unspecified atom stereocenters. The van der Waals surface area contributed by atoms with E-state index >= 15 is 0 Å². The Morgan fingerprint density at radius 1 is 1.31 bits per heavy atom. The van der Waals surface area contributed by atoms with Gasteiger partial charge in [0.2, 0.25) is 0 Å². The van der Waals surface area contributed by atoms with Crippen molar-refractivity contribution in [1.82, 2.24) is 5.32 Å². The van der Waals surface area contributed by atoms with Crippen LogP contribution in [0.4, 0.5) is 0 Å². The minimum absolute atomic E-state index is 0.319. The number of nitrogens with one attached hydrogen (secondary N) is 1. The second-order valence-corrected chi connectivity index (χ2v) is 4.02. The Morgan fingerprint density at radius 2 is 2.08 bits per heavy atom. The van der Waals surface area contributed by atoms with Crippen LogP contribution in [0.2, 0.25) is 0 Å². The van der Waals surface area contributed by atoms with Crippen LogP contribution in [0.3, 0.4) is 0 Å². The largest absolute Gasteiger partial charge is 0.508 e. The van der Waals surface area contributed by atoms with Gasteiger partial charge in [-0.05, 0) is 23.8 Å². The normalized spacial score (nSPS) is 19.5. The standard InChI is InChI=1S/C10H11NOS/c12-9-3-1-8(2-4-9)5-10-6-11-7-13-10/h1-5,11-12H,6-7H2/b10-5+. The molecule has 2 nitrogen and oxygen atoms in total. The first-order valence-corrected chi connectivity index (χ1v) is 5.16. The second-order valence-electron chi connectivity index (χ2n) is 2.92. The average molecular weight is 193 g/mol. The van der Waals surface area contributed by atoms with Crippen LogP contribution in [0.1, 0.15) is 5.56 Å². The topological polar surface area (TPSA) is 32.3 Å². The molecule has 2 rings (SSSR count). The summed E-state index contributed by atoms with van der Waals surface area (Å²) in [5.74, 6) is 1.32. The van der Waals surface area contributed by atoms with Crippen molar-refractivity contribution in [1.29, 1.82) is 0 Å². The third-order valence-corrected chi connectivity index (χ3v) is 2.86. The van der Waals surface area contributed by atoms with E-state index in [2.05, 4.69) is 11.4 Å². The molecule has 0 aliphatic carbocycles. The lowest BCUT2D eigenvalue weighted by Gasteiger charge is -1.96. The number of phenols is 1. The van der Waals surface area contributed by atoms with Gasteiger partial charge in [-0.3, -0.25) is 0 Å². The average Bonchev–Trinajstić information content (AvgIpc) is 2.62. The van der Waals surface area contributed by atoms with Crippen molar-refractivity contribution in [2.24, 2.45) is 0 Å². The molecule has 0 radical (unpaired) electrons. The van der Waals surface area contributed by atoms with E-state index in [0.29, 0.717) is 5.75 Å². The Balaban J connectivity index is 2.17. The van der Waals surface area contributed by atoms with E-state index in [1.807, 2.05) is 23.9 Å². The molecule has 2 N–H and O–H groups in total. The highest BCUT2D eigenvalue weighted by Crippen LogP contribution is 2.22. The van der Waals surface area contributed by atoms with Gasteiger partial charge in [0.15, 0.2) is 0 Å². The van der Waals surface area contributed by atoms with E-state index < -0.39 is 0 Å². The Kier molecular flexibility index (Phi) is 2.57. The summed E-state index contributed by atoms with van der Waals surface area (Å²) in [6.07, 6.45) is 2.14. The fourth-order valence-electron chi connectivity index (χ4n) is 1.22. The SMILES string of the molecule is Oc1ccc(/C=C2\CNCS2)cc1. The minimum Gasteiger partial charge on any atom is -0.508 e. The molecule has 13 heavy (non-hydrogen) atoms. The monoisotopic (exact) mass is 193 g/mol. The van der Waals surface area contributed by atoms with E-state index in [1.54, 1.807) is 12.1 Å². The fraction of sp³-hybridized carbons (Fsp3) is 0.200. The van der Waals surface area contributed by atoms with Gasteiger partial charge in [-0.25, -0.2) is 0 Å². The maximum atomic E-state index is 9.08. The first-order valence-electron chi connectivity index (χ1n) is 4.18. The van der Waals surface area contributed by atoms with Gasteiger partial charge >= 0.3 is 0 Å². The molecule has 3 heteroatoms. The quantitative estimate of drug-likeness (QED) is 0.715. The second kappa shape index (κ2) is 3.85. The van der Waals surface area contributed by atoms with Crippen molar-refractivity contribution < 1.29 is 5.11 Å². The first kappa shape index (κ1) is 8.66. The lowest BCUT2D eigenvalue weighted by atomic mass is 10.2. The Labute approximate surface area is 81.7 Å². The maximum Gasteiger partial charge on any atom is 0.115 e. The lowest BCUT2D eigenvalue weighted by molar-refractivity contribution is 0.475. The van der Waals surface area contributed by atoms with Crippen molar-refractivity contribution in [2.75, 3.05) is 12.4 Å². The molecule has 1 saturated heterocycles. The van der Waals surface area contributed by atoms with Crippen LogP contribution in [0.25, 0.3) is 6.08 Å². The van der Waals surface area contributed by atoms with Gasteiger partial charge in [-0.1, -0.05) is 12.1 Å². The van der Waals surface area contributed by atoms with Crippen molar-refractivity contribution in [3.8, 4) is 5.75 Å². The lowest BCUT2D eigenvalue weighted by Crippen LogP contribution is -2.04. The molecule has 0 bridgehead atoms. The Bertz CT molecular complexity index is 310. The molecule has 1 fully saturated rings. The molecule has 0 aromatic heterocycles. The number of aromatic hydroxyl groups is 1. The molecule has 1 aromatic carbocycles. The summed E-state index contributed by atoms with van der Waals surface area (Å²) in [7, 11) is 0. The molecule has 1 aliphatic heterocycles. The van der Waals surface area contributed by atoms with Gasteiger partial charge in [0, 0.05) is 17.3 Å². The van der Waals surface area contributed by atoms with Crippen LogP contribution in [-0.2, 0) is 0 Å². The van der Waals surface area contributed by atoms with Crippen molar-refractivity contribution in [3.05, 3.63) is 34.7 Å². The maximum absolute atomic E-state index is 9.08. The molecule has 1 aromatic rings. The van der Waals surface area contributed by atoms with E-state index in [1.165, 1.54) is 4.91 Å². The van der Waals surface area contributed by atoms with E-state index in [0.717, 1.165) is 18.0 Å². The van der Waals surface area contributed by atoms with Gasteiger partial charge in [0.25, 0.3) is 0 Å². The summed E-state index contributed by atoms with van der Waals surface area (Å²) in [5, 5.41) is 12.3. The summed E-state index contributed by atoms with van der Waals surface area (Å²) in [5.41, 5.74) is 1.14. The smallest absolute Gasteiger partial charge is 0.115 e. The number of hydrogen-bond acceptors (Lipinski definition) is 3. The summed E-state index contributed by atoms with van der Waals surface area (Å²) in [4.78, 5) is 1.35. The van der Waals surface area contributed by atoms with Gasteiger partial charge in [-0.2, -0.15) is 0 Å². The number of benzene rings is 1. The zero-order valence-electron chi connectivity index (χ0n) is 7.16. The third-order valence-electron chi connectivity index (χ3n) is 1.88. The molecular formula is C10H11NOS. The molecule has 68 valence electrons. The molecule has 0 spiro atoms. The highest BCUT2D eigenvalue weighted by Gasteiger charge is 2.05. The van der Waals surface area contributed by atoms with Gasteiger partial charge in [-0.15, -0.1) is 11.8 Å². The van der Waals surface area contributed by atoms with E-state index in [-0.39, 0.29) is 0 Å². The predicted molar refractivity (Wildman–Crippen MR) is 56.5 cm³/mol. The summed E-state index contributed by atoms with van der Waals surface area (Å²) in [6.45, 7) is 0.964. The predicted octanol–water partition coefficient (Wildman–Crippen LogP) is 2.03. The van der Waals surface area contributed by atoms with Crippen LogP contribution in [0.15, 0.2) is 29.2 Å². The summed E-state index contributed by atoms with van der Waals surface area (Å²) in [6, 6.07) is 7.25. The highest BCUT2D eigenvalue weighted by atomic mass is 32.2. The number of rotatable bonds is 1. The zero-order chi connectivity index (χ0) is 9.10. The number of hydrogen-bond donors (Lipinski definition) is 2. The summed E-state index contributed by atoms with van der Waals surface area (Å²) < 4.78 is 0. The molecule has 0 atom stereocenters. The zero-order valence-corrected chi connectivity index (χ0v) is 7.97. The molecule has 1 aliphatic rings. The van der Waals surface area contributed by atoms with Crippen molar-refractivity contribution in [2.45, 2.75) is 0 Å². The van der Waals surface area contributed by atoms with Crippen LogP contribution >= 0.6 is 11.8 Å². The van der Waals surface area contributed by atoms with Gasteiger partial charge in [0.1, 0.15) is 5.75 Å². The number of thioether (sulfide) groups is 1. The molecule has 0 amide bonds. The highest BCUT2D eigenvalue weighted by molar-refractivity contribution is 8.03. The fourth-order valence-corrected chi connectivity index (χ4v) is 2.03. The number of phenolic OH excluding ortho intramolecular Hbond substituents is 1. The molecule has 0 saturated carbocycles. The van der Waals surface area contributed by atoms with E-state index in [4.69, 9.17) is 5.11 Å². The third kappa shape index (κ3) is 2.26. The first-order chi connectivity index (χ1) is 6.34. The van der Waals surface area contributed by atoms with Crippen LogP contribution in [0.5, 0.6) is 5.75 Å². The summed E-state index contributed by atoms with van der Waals surface area (Å²) >= 11 is 1.83.